The first kappa shape index (κ1) is 15.7. The van der Waals surface area contributed by atoms with E-state index in [1.54, 1.807) is 0 Å². The largest absolute Gasteiger partial charge is 0.297 e. The van der Waals surface area contributed by atoms with Crippen molar-refractivity contribution >= 4 is 0 Å². The first-order valence-corrected chi connectivity index (χ1v) is 8.27. The van der Waals surface area contributed by atoms with Crippen LogP contribution in [0.2, 0.25) is 0 Å². The summed E-state index contributed by atoms with van der Waals surface area (Å²) in [7, 11) is 0. The smallest absolute Gasteiger partial charge is 0.0669 e. The number of hydrogen-bond donors (Lipinski definition) is 0. The molecule has 2 aromatic rings. The highest BCUT2D eigenvalue weighted by molar-refractivity contribution is 5.24. The molecule has 2 aromatic carbocycles. The maximum absolute atomic E-state index is 8.72. The van der Waals surface area contributed by atoms with Crippen LogP contribution in [0.4, 0.5) is 0 Å². The lowest BCUT2D eigenvalue weighted by Gasteiger charge is -2.34. The molecule has 0 aliphatic carbocycles. The molecular weight excluding hydrogens is 282 g/mol. The van der Waals surface area contributed by atoms with Gasteiger partial charge in [0.15, 0.2) is 0 Å². The van der Waals surface area contributed by atoms with E-state index in [-0.39, 0.29) is 0 Å². The average Bonchev–Trinajstić information content (AvgIpc) is 2.60. The van der Waals surface area contributed by atoms with Gasteiger partial charge in [-0.1, -0.05) is 54.6 Å². The Morgan fingerprint density at radius 1 is 0.696 bits per heavy atom. The number of benzene rings is 2. The molecule has 0 saturated carbocycles. The van der Waals surface area contributed by atoms with Crippen molar-refractivity contribution in [2.24, 2.45) is 0 Å². The highest BCUT2D eigenvalue weighted by atomic mass is 15.3. The molecule has 3 heteroatoms. The molecule has 0 bridgehead atoms. The number of nitrogens with zero attached hydrogens (tertiary/aromatic N) is 3. The van der Waals surface area contributed by atoms with E-state index < -0.39 is 0 Å². The molecule has 0 aromatic heterocycles. The minimum absolute atomic E-state index is 0.498. The Labute approximate surface area is 138 Å². The zero-order valence-corrected chi connectivity index (χ0v) is 13.5. The molecule has 0 radical (unpaired) electrons. The minimum atomic E-state index is 0.498. The van der Waals surface area contributed by atoms with Gasteiger partial charge in [0.25, 0.3) is 0 Å². The molecule has 0 unspecified atom stereocenters. The van der Waals surface area contributed by atoms with Crippen molar-refractivity contribution in [3.05, 3.63) is 71.3 Å². The molecule has 1 fully saturated rings. The molecule has 23 heavy (non-hydrogen) atoms. The normalized spacial score (nSPS) is 16.1. The topological polar surface area (TPSA) is 30.3 Å². The Hall–Kier alpha value is -2.15. The molecule has 1 heterocycles. The van der Waals surface area contributed by atoms with Crippen LogP contribution in [0.25, 0.3) is 0 Å². The van der Waals surface area contributed by atoms with Crippen LogP contribution in [0.3, 0.4) is 0 Å². The van der Waals surface area contributed by atoms with Crippen LogP contribution >= 0.6 is 0 Å². The van der Waals surface area contributed by atoms with E-state index in [1.165, 1.54) is 11.1 Å². The molecule has 0 N–H and O–H groups in total. The van der Waals surface area contributed by atoms with Crippen LogP contribution in [0.1, 0.15) is 16.7 Å². The maximum Gasteiger partial charge on any atom is 0.0669 e. The second-order valence-electron chi connectivity index (χ2n) is 6.19. The standard InChI is InChI=1S/C20H23N3/c21-11-10-18-6-8-20(9-7-18)17-23-14-12-22(13-15-23)16-19-4-2-1-3-5-19/h1-9H,10,12-17H2. The molecule has 1 aliphatic rings. The molecular formula is C20H23N3. The third-order valence-electron chi connectivity index (χ3n) is 4.43. The van der Waals surface area contributed by atoms with Gasteiger partial charge < -0.3 is 0 Å². The Morgan fingerprint density at radius 3 is 1.70 bits per heavy atom. The lowest BCUT2D eigenvalue weighted by molar-refractivity contribution is 0.122. The summed E-state index contributed by atoms with van der Waals surface area (Å²) in [5.41, 5.74) is 3.83. The second kappa shape index (κ2) is 7.92. The molecule has 3 rings (SSSR count). The van der Waals surface area contributed by atoms with E-state index >= 15 is 0 Å². The van der Waals surface area contributed by atoms with Gasteiger partial charge in [0.05, 0.1) is 12.5 Å². The Morgan fingerprint density at radius 2 is 1.17 bits per heavy atom. The van der Waals surface area contributed by atoms with E-state index in [0.717, 1.165) is 44.8 Å². The summed E-state index contributed by atoms with van der Waals surface area (Å²) in [5.74, 6) is 0. The van der Waals surface area contributed by atoms with Crippen molar-refractivity contribution < 1.29 is 0 Å². The van der Waals surface area contributed by atoms with Gasteiger partial charge in [0, 0.05) is 39.3 Å². The first-order valence-electron chi connectivity index (χ1n) is 8.27. The molecule has 0 atom stereocenters. The monoisotopic (exact) mass is 305 g/mol. The SMILES string of the molecule is N#CCc1ccc(CN2CCN(Cc3ccccc3)CC2)cc1. The van der Waals surface area contributed by atoms with E-state index in [1.807, 2.05) is 0 Å². The Kier molecular flexibility index (Phi) is 5.42. The lowest BCUT2D eigenvalue weighted by atomic mass is 10.1. The zero-order valence-electron chi connectivity index (χ0n) is 13.5. The van der Waals surface area contributed by atoms with Crippen LogP contribution < -0.4 is 0 Å². The molecule has 0 spiro atoms. The quantitative estimate of drug-likeness (QED) is 0.850. The van der Waals surface area contributed by atoms with E-state index in [2.05, 4.69) is 70.5 Å². The molecule has 3 nitrogen and oxygen atoms in total. The van der Waals surface area contributed by atoms with Gasteiger partial charge in [0.2, 0.25) is 0 Å². The van der Waals surface area contributed by atoms with Crippen molar-refractivity contribution in [2.75, 3.05) is 26.2 Å². The first-order chi connectivity index (χ1) is 11.3. The third kappa shape index (κ3) is 4.66. The van der Waals surface area contributed by atoms with Crippen LogP contribution in [0, 0.1) is 11.3 Å². The maximum atomic E-state index is 8.72. The van der Waals surface area contributed by atoms with Crippen molar-refractivity contribution in [1.29, 1.82) is 5.26 Å². The van der Waals surface area contributed by atoms with Crippen LogP contribution in [-0.2, 0) is 19.5 Å². The van der Waals surface area contributed by atoms with Gasteiger partial charge in [-0.15, -0.1) is 0 Å². The lowest BCUT2D eigenvalue weighted by Crippen LogP contribution is -2.45. The summed E-state index contributed by atoms with van der Waals surface area (Å²) in [6.07, 6.45) is 0.498. The second-order valence-corrected chi connectivity index (χ2v) is 6.19. The zero-order chi connectivity index (χ0) is 15.9. The van der Waals surface area contributed by atoms with E-state index in [0.29, 0.717) is 6.42 Å². The van der Waals surface area contributed by atoms with E-state index in [4.69, 9.17) is 5.26 Å². The van der Waals surface area contributed by atoms with Crippen LogP contribution in [-0.4, -0.2) is 36.0 Å². The minimum Gasteiger partial charge on any atom is -0.297 e. The molecule has 118 valence electrons. The van der Waals surface area contributed by atoms with Crippen molar-refractivity contribution in [1.82, 2.24) is 9.80 Å². The van der Waals surface area contributed by atoms with Crippen LogP contribution in [0.5, 0.6) is 0 Å². The predicted octanol–water partition coefficient (Wildman–Crippen LogP) is 3.07. The summed E-state index contributed by atoms with van der Waals surface area (Å²) in [5, 5.41) is 8.72. The average molecular weight is 305 g/mol. The highest BCUT2D eigenvalue weighted by Crippen LogP contribution is 2.12. The van der Waals surface area contributed by atoms with Gasteiger partial charge >= 0.3 is 0 Å². The third-order valence-corrected chi connectivity index (χ3v) is 4.43. The summed E-state index contributed by atoms with van der Waals surface area (Å²) < 4.78 is 0. The fourth-order valence-corrected chi connectivity index (χ4v) is 3.06. The van der Waals surface area contributed by atoms with E-state index in [9.17, 15) is 0 Å². The van der Waals surface area contributed by atoms with Crippen molar-refractivity contribution in [3.8, 4) is 6.07 Å². The number of nitriles is 1. The van der Waals surface area contributed by atoms with Gasteiger partial charge in [0.1, 0.15) is 0 Å². The number of piperazine rings is 1. The highest BCUT2D eigenvalue weighted by Gasteiger charge is 2.16. The molecule has 1 aliphatic heterocycles. The van der Waals surface area contributed by atoms with Crippen LogP contribution in [0.15, 0.2) is 54.6 Å². The fourth-order valence-electron chi connectivity index (χ4n) is 3.06. The van der Waals surface area contributed by atoms with Gasteiger partial charge in [-0.05, 0) is 16.7 Å². The summed E-state index contributed by atoms with van der Waals surface area (Å²) in [6.45, 7) is 6.55. The van der Waals surface area contributed by atoms with Gasteiger partial charge in [-0.2, -0.15) is 5.26 Å². The van der Waals surface area contributed by atoms with Gasteiger partial charge in [-0.3, -0.25) is 9.80 Å². The Balaban J connectivity index is 1.46. The van der Waals surface area contributed by atoms with Crippen molar-refractivity contribution in [3.63, 3.8) is 0 Å². The predicted molar refractivity (Wildman–Crippen MR) is 92.8 cm³/mol. The van der Waals surface area contributed by atoms with Crippen molar-refractivity contribution in [2.45, 2.75) is 19.5 Å². The fraction of sp³-hybridized carbons (Fsp3) is 0.350. The number of hydrogen-bond acceptors (Lipinski definition) is 3. The number of rotatable bonds is 5. The summed E-state index contributed by atoms with van der Waals surface area (Å²) in [4.78, 5) is 5.04. The molecule has 0 amide bonds. The summed E-state index contributed by atoms with van der Waals surface area (Å²) in [6, 6.07) is 21.4. The summed E-state index contributed by atoms with van der Waals surface area (Å²) >= 11 is 0. The molecule has 1 saturated heterocycles. The van der Waals surface area contributed by atoms with Gasteiger partial charge in [-0.25, -0.2) is 0 Å². The Bertz CT molecular complexity index is 635.